The minimum Gasteiger partial charge on any atom is -0.870 e. The molecule has 0 aromatic heterocycles. The summed E-state index contributed by atoms with van der Waals surface area (Å²) in [6, 6.07) is 8.64. The molecule has 1 aromatic rings. The van der Waals surface area contributed by atoms with Gasteiger partial charge in [-0.3, -0.25) is 0 Å². The van der Waals surface area contributed by atoms with Crippen LogP contribution in [0.15, 0.2) is 24.3 Å². The summed E-state index contributed by atoms with van der Waals surface area (Å²) in [6.07, 6.45) is 0. The average molecular weight is 183 g/mol. The van der Waals surface area contributed by atoms with E-state index in [-0.39, 0.29) is 70.2 Å². The normalized spacial score (nSPS) is 6.67. The molecule has 1 radical (unpaired) electrons. The Morgan fingerprint density at radius 3 is 1.92 bits per heavy atom. The Kier molecular flexibility index (Phi) is 15.0. The van der Waals surface area contributed by atoms with Crippen LogP contribution >= 0.6 is 0 Å². The molecule has 0 spiro atoms. The molecule has 1 N–H and O–H groups in total. The number of carboxylic acids is 1. The van der Waals surface area contributed by atoms with Crippen LogP contribution < -0.4 is 64.2 Å². The van der Waals surface area contributed by atoms with Crippen molar-refractivity contribution in [1.29, 1.82) is 0 Å². The van der Waals surface area contributed by atoms with Gasteiger partial charge >= 0.3 is 59.1 Å². The van der Waals surface area contributed by atoms with Crippen LogP contribution in [0.4, 0.5) is 0 Å². The molecule has 3 nitrogen and oxygen atoms in total. The zero-order valence-electron chi connectivity index (χ0n) is 7.07. The van der Waals surface area contributed by atoms with Crippen molar-refractivity contribution in [2.24, 2.45) is 0 Å². The van der Waals surface area contributed by atoms with Crippen molar-refractivity contribution in [1.82, 2.24) is 0 Å². The Morgan fingerprint density at radius 2 is 1.67 bits per heavy atom. The van der Waals surface area contributed by atoms with E-state index < -0.39 is 5.97 Å². The Balaban J connectivity index is -0.000000270. The summed E-state index contributed by atoms with van der Waals surface area (Å²) in [6.45, 7) is 0. The van der Waals surface area contributed by atoms with Crippen LogP contribution in [0, 0.1) is 6.07 Å². The minimum absolute atomic E-state index is 0. The van der Waals surface area contributed by atoms with Gasteiger partial charge in [-0.2, -0.15) is 0 Å². The van der Waals surface area contributed by atoms with E-state index in [9.17, 15) is 9.90 Å². The zero-order valence-corrected chi connectivity index (χ0v) is 11.1. The first-order valence-corrected chi connectivity index (χ1v) is 2.48. The molecule has 0 atom stereocenters. The third-order valence-corrected chi connectivity index (χ3v) is 0.954. The molecule has 0 amide bonds. The Labute approximate surface area is 115 Å². The van der Waals surface area contributed by atoms with Crippen molar-refractivity contribution in [2.45, 2.75) is 0 Å². The van der Waals surface area contributed by atoms with Crippen LogP contribution in [0.3, 0.4) is 0 Å². The predicted octanol–water partition coefficient (Wildman–Crippen LogP) is -6.32. The number of carboxylic acid groups (broad SMARTS) is 1. The number of hydrogen-bond acceptors (Lipinski definition) is 3. The molecular weight excluding hydrogens is 178 g/mol. The molecule has 0 aliphatic carbocycles. The van der Waals surface area contributed by atoms with Crippen molar-refractivity contribution in [3.8, 4) is 0 Å². The Morgan fingerprint density at radius 1 is 1.25 bits per heavy atom. The number of hydrogen-bond donors (Lipinski definition) is 0. The van der Waals surface area contributed by atoms with Crippen molar-refractivity contribution < 1.29 is 74.5 Å². The standard InChI is InChI=1S/C7H5O2.2Na.H2O/c8-7(9)6-4-2-1-3-5-6;;;/h2-5H,(H,8,9);;;1H2/q;2*+1;/p-2. The largest absolute Gasteiger partial charge is 1.00 e. The fraction of sp³-hybridized carbons (Fsp3) is 0. The molecule has 0 unspecified atom stereocenters. The van der Waals surface area contributed by atoms with Gasteiger partial charge in [0.25, 0.3) is 0 Å². The molecule has 0 heterocycles. The van der Waals surface area contributed by atoms with Gasteiger partial charge in [0.2, 0.25) is 0 Å². The monoisotopic (exact) mass is 183 g/mol. The SMILES string of the molecule is O=C([O-])c1cc[c]cc1.[Na+].[Na+].[OH-]. The van der Waals surface area contributed by atoms with Crippen molar-refractivity contribution in [2.75, 3.05) is 0 Å². The predicted molar refractivity (Wildman–Crippen MR) is 31.5 cm³/mol. The smallest absolute Gasteiger partial charge is 0.870 e. The summed E-state index contributed by atoms with van der Waals surface area (Å²) in [5, 5.41) is 10.1. The topological polar surface area (TPSA) is 70.1 Å². The Hall–Kier alpha value is 0.650. The average Bonchev–Trinajstić information content (AvgIpc) is 1.90. The first kappa shape index (κ1) is 18.4. The van der Waals surface area contributed by atoms with E-state index in [0.717, 1.165) is 0 Å². The van der Waals surface area contributed by atoms with Crippen LogP contribution in [-0.2, 0) is 0 Å². The summed E-state index contributed by atoms with van der Waals surface area (Å²) in [5.74, 6) is -1.15. The quantitative estimate of drug-likeness (QED) is 0.406. The van der Waals surface area contributed by atoms with E-state index in [1.807, 2.05) is 0 Å². The fourth-order valence-electron chi connectivity index (χ4n) is 0.523. The van der Waals surface area contributed by atoms with E-state index in [2.05, 4.69) is 6.07 Å². The third kappa shape index (κ3) is 6.20. The van der Waals surface area contributed by atoms with E-state index in [1.54, 1.807) is 0 Å². The molecule has 0 bridgehead atoms. The van der Waals surface area contributed by atoms with Gasteiger partial charge in [-0.05, 0) is 11.6 Å². The number of rotatable bonds is 1. The van der Waals surface area contributed by atoms with Gasteiger partial charge < -0.3 is 15.4 Å². The molecule has 0 aliphatic rings. The summed E-state index contributed by atoms with van der Waals surface area (Å²) < 4.78 is 0. The summed E-state index contributed by atoms with van der Waals surface area (Å²) >= 11 is 0. The molecule has 0 aliphatic heterocycles. The van der Waals surface area contributed by atoms with Gasteiger partial charge in [-0.25, -0.2) is 0 Å². The minimum atomic E-state index is -1.15. The van der Waals surface area contributed by atoms with Crippen molar-refractivity contribution in [3.63, 3.8) is 0 Å². The molecule has 0 fully saturated rings. The van der Waals surface area contributed by atoms with Gasteiger partial charge in [-0.15, -0.1) is 0 Å². The zero-order chi connectivity index (χ0) is 6.69. The molecule has 5 heteroatoms. The molecule has 12 heavy (non-hydrogen) atoms. The number of carbonyl (C=O) groups is 1. The molecule has 1 aromatic carbocycles. The molecular formula is C7H5Na2O3. The maximum Gasteiger partial charge on any atom is 1.00 e. The van der Waals surface area contributed by atoms with Gasteiger partial charge in [0.1, 0.15) is 0 Å². The van der Waals surface area contributed by atoms with Crippen LogP contribution in [0.5, 0.6) is 0 Å². The molecule has 0 saturated heterocycles. The van der Waals surface area contributed by atoms with Gasteiger partial charge in [0.05, 0.1) is 5.97 Å². The van der Waals surface area contributed by atoms with Crippen molar-refractivity contribution in [3.05, 3.63) is 35.9 Å². The number of aromatic carboxylic acids is 1. The van der Waals surface area contributed by atoms with Gasteiger partial charge in [-0.1, -0.05) is 24.3 Å². The molecule has 0 saturated carbocycles. The number of benzene rings is 1. The van der Waals surface area contributed by atoms with E-state index in [4.69, 9.17) is 0 Å². The van der Waals surface area contributed by atoms with E-state index >= 15 is 0 Å². The van der Waals surface area contributed by atoms with Gasteiger partial charge in [0, 0.05) is 0 Å². The van der Waals surface area contributed by atoms with E-state index in [1.165, 1.54) is 24.3 Å². The maximum atomic E-state index is 10.1. The van der Waals surface area contributed by atoms with Gasteiger partial charge in [0.15, 0.2) is 0 Å². The first-order chi connectivity index (χ1) is 4.30. The summed E-state index contributed by atoms with van der Waals surface area (Å²) in [4.78, 5) is 10.1. The second-order valence-electron chi connectivity index (χ2n) is 1.58. The van der Waals surface area contributed by atoms with Crippen LogP contribution in [0.25, 0.3) is 0 Å². The molecule has 1 rings (SSSR count). The van der Waals surface area contributed by atoms with Crippen molar-refractivity contribution >= 4 is 5.97 Å². The third-order valence-electron chi connectivity index (χ3n) is 0.954. The molecule has 53 valence electrons. The number of carbonyl (C=O) groups excluding carboxylic acids is 1. The van der Waals surface area contributed by atoms with Crippen LogP contribution in [0.2, 0.25) is 0 Å². The van der Waals surface area contributed by atoms with Crippen LogP contribution in [0.1, 0.15) is 10.4 Å². The van der Waals surface area contributed by atoms with E-state index in [0.29, 0.717) is 0 Å². The fourth-order valence-corrected chi connectivity index (χ4v) is 0.523. The summed E-state index contributed by atoms with van der Waals surface area (Å²) in [7, 11) is 0. The Bertz CT molecular complexity index is 213. The van der Waals surface area contributed by atoms with Crippen LogP contribution in [-0.4, -0.2) is 11.4 Å². The second-order valence-corrected chi connectivity index (χ2v) is 1.58. The first-order valence-electron chi connectivity index (χ1n) is 2.48. The maximum absolute atomic E-state index is 10.1. The summed E-state index contributed by atoms with van der Waals surface area (Å²) in [5.41, 5.74) is 0.189. The second kappa shape index (κ2) is 9.74.